The molecule has 2 aromatic carbocycles. The van der Waals surface area contributed by atoms with Crippen LogP contribution in [0.2, 0.25) is 0 Å². The minimum atomic E-state index is 0. The molecule has 60 heavy (non-hydrogen) atoms. The van der Waals surface area contributed by atoms with E-state index in [4.69, 9.17) is 0 Å². The first kappa shape index (κ1) is 54.1. The van der Waals surface area contributed by atoms with Gasteiger partial charge >= 0.3 is 0 Å². The van der Waals surface area contributed by atoms with Crippen LogP contribution >= 0.6 is 0 Å². The molecule has 0 spiro atoms. The quantitative estimate of drug-likeness (QED) is 0.0363. The molecule has 3 heteroatoms. The molecular formula is C57H96N2Ni-2. The third kappa shape index (κ3) is 22.4. The summed E-state index contributed by atoms with van der Waals surface area (Å²) in [6.45, 7) is 9.14. The predicted octanol–water partition coefficient (Wildman–Crippen LogP) is 19.9. The molecule has 0 saturated carbocycles. The normalized spacial score (nSPS) is 12.9. The zero-order valence-electron chi connectivity index (χ0n) is 42.0. The summed E-state index contributed by atoms with van der Waals surface area (Å²) in [7, 11) is 0. The van der Waals surface area contributed by atoms with Crippen LogP contribution in [0, 0.1) is 0 Å². The summed E-state index contributed by atoms with van der Waals surface area (Å²) in [6.07, 6.45) is 49.9. The molecule has 0 atom stereocenters. The number of allylic oxidation sites excluding steroid dienone is 2. The van der Waals surface area contributed by atoms with E-state index in [-0.39, 0.29) is 19.3 Å². The summed E-state index contributed by atoms with van der Waals surface area (Å²) in [5.41, 5.74) is 22.1. The standard InChI is InChI=1S/C57H94N2.Ni.2H/c1-5-9-13-14-15-16-17-18-19-20-21-22-23-24-25-26-27-28-29-30-31-32-33-34-35-36-37-47-55-54(46-12-8-4)56(52-44-38-42-50(48-52)40-10-6-2)59(58)57(55)53-45-39-43-51(49-53)41-11-7-3;;;/h38-39,42-45,48-49H,5-37,40-41,46-47H2,1-4H3;;;/q;;2*-1. The monoisotopic (exact) mass is 867 g/mol. The summed E-state index contributed by atoms with van der Waals surface area (Å²) in [5, 5.41) is 0. The van der Waals surface area contributed by atoms with Crippen molar-refractivity contribution in [2.24, 2.45) is 0 Å². The predicted molar refractivity (Wildman–Crippen MR) is 264 cm³/mol. The maximum Gasteiger partial charge on any atom is 0.211 e. The molecule has 2 aromatic rings. The Labute approximate surface area is 386 Å². The summed E-state index contributed by atoms with van der Waals surface area (Å²) in [4.78, 5) is 0. The maximum absolute atomic E-state index is 12.1. The topological polar surface area (TPSA) is 25.3 Å². The average molecular weight is 868 g/mol. The van der Waals surface area contributed by atoms with Crippen LogP contribution in [0.4, 0.5) is 0 Å². The van der Waals surface area contributed by atoms with Gasteiger partial charge in [0, 0.05) is 38.8 Å². The smallest absolute Gasteiger partial charge is 0.211 e. The molecule has 1 aliphatic rings. The second kappa shape index (κ2) is 36.5. The summed E-state index contributed by atoms with van der Waals surface area (Å²) in [5.74, 6) is 0. The van der Waals surface area contributed by atoms with Crippen molar-refractivity contribution in [2.75, 3.05) is 0 Å². The van der Waals surface area contributed by atoms with Crippen LogP contribution < -0.4 is 0 Å². The van der Waals surface area contributed by atoms with Crippen LogP contribution in [0.1, 0.15) is 278 Å². The first-order valence-electron chi connectivity index (χ1n) is 26.3. The van der Waals surface area contributed by atoms with E-state index in [0.29, 0.717) is 0 Å². The van der Waals surface area contributed by atoms with Crippen LogP contribution in [-0.2, 0) is 29.3 Å². The zero-order valence-corrected chi connectivity index (χ0v) is 41.0. The van der Waals surface area contributed by atoms with Crippen LogP contribution in [0.25, 0.3) is 16.9 Å². The van der Waals surface area contributed by atoms with Crippen LogP contribution in [0.3, 0.4) is 0 Å². The molecule has 1 heterocycles. The van der Waals surface area contributed by atoms with Crippen molar-refractivity contribution in [1.29, 1.82) is 0 Å². The number of unbranched alkanes of at least 4 members (excludes halogenated alkanes) is 29. The van der Waals surface area contributed by atoms with Gasteiger partial charge < -0.3 is 8.38 Å². The molecule has 346 valence electrons. The molecule has 0 saturated heterocycles. The maximum atomic E-state index is 12.1. The molecule has 0 bridgehead atoms. The number of benzene rings is 2. The van der Waals surface area contributed by atoms with Crippen LogP contribution in [0.15, 0.2) is 59.7 Å². The Balaban J connectivity index is 0.0000124. The van der Waals surface area contributed by atoms with Gasteiger partial charge in [0.1, 0.15) is 0 Å². The third-order valence-corrected chi connectivity index (χ3v) is 13.2. The minimum Gasteiger partial charge on any atom is -1.00 e. The molecular weight excluding hydrogens is 771 g/mol. The van der Waals surface area contributed by atoms with Crippen molar-refractivity contribution in [3.05, 3.63) is 87.5 Å². The van der Waals surface area contributed by atoms with Gasteiger partial charge in [0.05, 0.1) is 0 Å². The molecule has 0 unspecified atom stereocenters. The van der Waals surface area contributed by atoms with E-state index in [9.17, 15) is 5.53 Å². The van der Waals surface area contributed by atoms with Gasteiger partial charge in [-0.3, -0.25) is 0 Å². The Morgan fingerprint density at radius 2 is 0.617 bits per heavy atom. The van der Waals surface area contributed by atoms with Gasteiger partial charge in [-0.05, 0) is 86.8 Å². The third-order valence-electron chi connectivity index (χ3n) is 13.2. The van der Waals surface area contributed by atoms with E-state index >= 15 is 0 Å². The average Bonchev–Trinajstić information content (AvgIpc) is 3.53. The second-order valence-corrected chi connectivity index (χ2v) is 18.6. The van der Waals surface area contributed by atoms with Crippen LogP contribution in [-0.4, -0.2) is 4.70 Å². The van der Waals surface area contributed by atoms with E-state index in [1.165, 1.54) is 232 Å². The second-order valence-electron chi connectivity index (χ2n) is 18.6. The molecule has 0 fully saturated rings. The Kier molecular flexibility index (Phi) is 32.9. The number of rotatable bonds is 39. The summed E-state index contributed by atoms with van der Waals surface area (Å²) in [6, 6.07) is 18.1. The minimum absolute atomic E-state index is 0. The molecule has 1 aliphatic heterocycles. The fraction of sp³-hybridized carbons (Fsp3) is 0.719. The van der Waals surface area contributed by atoms with Crippen molar-refractivity contribution < 1.29 is 24.0 Å². The number of hydrogen-bond acceptors (Lipinski definition) is 0. The van der Waals surface area contributed by atoms with Gasteiger partial charge in [-0.1, -0.05) is 238 Å². The van der Waals surface area contributed by atoms with Gasteiger partial charge in [0.2, 0.25) is 11.4 Å². The molecule has 0 aromatic heterocycles. The van der Waals surface area contributed by atoms with Crippen molar-refractivity contribution in [2.45, 2.75) is 265 Å². The SMILES string of the molecule is CCCCCCCCCCCCCCCCCCCCCCCCCCCCCC1=C(c2cccc(CCCC)c2)[N+](=[N-])C(c2cccc(CCCC)c2)=C1CCCC.[H-].[H-].[Ni]. The van der Waals surface area contributed by atoms with Gasteiger partial charge in [0.15, 0.2) is 0 Å². The first-order valence-corrected chi connectivity index (χ1v) is 26.3. The molecule has 0 aliphatic carbocycles. The number of hydrogen-bond donors (Lipinski definition) is 0. The number of aryl methyl sites for hydroxylation is 2. The largest absolute Gasteiger partial charge is 1.00 e. The van der Waals surface area contributed by atoms with Crippen molar-refractivity contribution >= 4 is 11.4 Å². The molecule has 3 rings (SSSR count). The molecule has 0 amide bonds. The first-order chi connectivity index (χ1) is 29.1. The number of nitrogens with zero attached hydrogens (tertiary/aromatic N) is 2. The Morgan fingerprint density at radius 1 is 0.350 bits per heavy atom. The summed E-state index contributed by atoms with van der Waals surface area (Å²) >= 11 is 0. The van der Waals surface area contributed by atoms with E-state index < -0.39 is 0 Å². The Hall–Kier alpha value is -1.99. The Morgan fingerprint density at radius 3 is 0.933 bits per heavy atom. The van der Waals surface area contributed by atoms with Crippen molar-refractivity contribution in [3.63, 3.8) is 0 Å². The summed E-state index contributed by atoms with van der Waals surface area (Å²) < 4.78 is 1.60. The van der Waals surface area contributed by atoms with E-state index in [0.717, 1.165) is 49.9 Å². The fourth-order valence-corrected chi connectivity index (χ4v) is 9.44. The molecule has 0 radical (unpaired) electrons. The molecule has 0 N–H and O–H groups in total. The van der Waals surface area contributed by atoms with Gasteiger partial charge in [-0.25, -0.2) is 4.70 Å². The van der Waals surface area contributed by atoms with E-state index in [2.05, 4.69) is 76.2 Å². The van der Waals surface area contributed by atoms with Crippen molar-refractivity contribution in [3.8, 4) is 0 Å². The Bertz CT molecular complexity index is 1450. The zero-order chi connectivity index (χ0) is 42.0. The van der Waals surface area contributed by atoms with E-state index in [1.54, 1.807) is 4.70 Å². The van der Waals surface area contributed by atoms with E-state index in [1.807, 2.05) is 0 Å². The van der Waals surface area contributed by atoms with Crippen LogP contribution in [0.5, 0.6) is 0 Å². The van der Waals surface area contributed by atoms with Gasteiger partial charge in [-0.15, -0.1) is 0 Å². The van der Waals surface area contributed by atoms with Gasteiger partial charge in [-0.2, -0.15) is 0 Å². The van der Waals surface area contributed by atoms with Gasteiger partial charge in [0.25, 0.3) is 0 Å². The molecule has 2 nitrogen and oxygen atoms in total. The fourth-order valence-electron chi connectivity index (χ4n) is 9.44. The van der Waals surface area contributed by atoms with Crippen molar-refractivity contribution in [1.82, 2.24) is 0 Å².